The van der Waals surface area contributed by atoms with E-state index < -0.39 is 0 Å². The molecular weight excluding hydrogens is 595 g/mol. The molecule has 0 amide bonds. The maximum atomic E-state index is 6.46. The zero-order valence-electron chi connectivity index (χ0n) is 27.4. The van der Waals surface area contributed by atoms with Crippen LogP contribution >= 0.6 is 0 Å². The van der Waals surface area contributed by atoms with Gasteiger partial charge in [0.1, 0.15) is 11.2 Å². The minimum absolute atomic E-state index is 0.0933. The Labute approximate surface area is 286 Å². The maximum Gasteiger partial charge on any atom is 0.143 e. The number of hydrogen-bond donors (Lipinski definition) is 0. The van der Waals surface area contributed by atoms with Gasteiger partial charge in [-0.2, -0.15) is 0 Å². The highest BCUT2D eigenvalue weighted by molar-refractivity contribution is 6.10. The highest BCUT2D eigenvalue weighted by atomic mass is 16.3. The summed E-state index contributed by atoms with van der Waals surface area (Å²) in [6.07, 6.45) is 4.55. The zero-order chi connectivity index (χ0) is 32.7. The topological polar surface area (TPSA) is 16.4 Å². The summed E-state index contributed by atoms with van der Waals surface area (Å²) in [7, 11) is 0. The number of anilines is 3. The minimum atomic E-state index is -0.0933. The van der Waals surface area contributed by atoms with Crippen LogP contribution in [-0.2, 0) is 5.41 Å². The van der Waals surface area contributed by atoms with Gasteiger partial charge in [0.25, 0.3) is 0 Å². The van der Waals surface area contributed by atoms with Gasteiger partial charge >= 0.3 is 0 Å². The third kappa shape index (κ3) is 4.20. The SMILES string of the molecule is CC1(C)c2ccccc2-c2ccc(N3c4ccc(-c5ccccc5)cc4C=Cc4cc(-c5cccc6c5oc5ccccc56)ccc43)cc21. The van der Waals surface area contributed by atoms with Crippen molar-refractivity contribution < 1.29 is 4.42 Å². The number of para-hydroxylation sites is 2. The van der Waals surface area contributed by atoms with Gasteiger partial charge in [-0.15, -0.1) is 0 Å². The standard InChI is InChI=1S/C47H33NO/c1-47(2)41-17-8-6-13-37(41)38-24-23-35(29-42(38)47)48-43-25-21-31(30-11-4-3-5-12-30)27-33(43)19-20-34-28-32(22-26-44(34)48)36-15-10-16-40-39-14-7-9-18-45(39)49-46(36)40/h3-29H,1-2H3. The normalized spacial score (nSPS) is 14.0. The number of furan rings is 1. The maximum absolute atomic E-state index is 6.46. The van der Waals surface area contributed by atoms with E-state index >= 15 is 0 Å². The van der Waals surface area contributed by atoms with Crippen molar-refractivity contribution in [2.45, 2.75) is 19.3 Å². The first-order chi connectivity index (χ1) is 24.0. The Morgan fingerprint density at radius 2 is 1.12 bits per heavy atom. The van der Waals surface area contributed by atoms with Crippen molar-refractivity contribution in [2.24, 2.45) is 0 Å². The van der Waals surface area contributed by atoms with Crippen LogP contribution in [0.25, 0.3) is 67.5 Å². The van der Waals surface area contributed by atoms with Gasteiger partial charge in [0.15, 0.2) is 0 Å². The Morgan fingerprint density at radius 3 is 1.96 bits per heavy atom. The van der Waals surface area contributed by atoms with Gasteiger partial charge in [-0.1, -0.05) is 135 Å². The van der Waals surface area contributed by atoms with Gasteiger partial charge in [0.2, 0.25) is 0 Å². The molecule has 0 fully saturated rings. The lowest BCUT2D eigenvalue weighted by Crippen LogP contribution is -2.17. The number of benzene rings is 7. The van der Waals surface area contributed by atoms with Crippen LogP contribution in [-0.4, -0.2) is 0 Å². The van der Waals surface area contributed by atoms with E-state index in [0.717, 1.165) is 55.7 Å². The fourth-order valence-electron chi connectivity index (χ4n) is 8.15. The number of rotatable bonds is 3. The minimum Gasteiger partial charge on any atom is -0.455 e. The van der Waals surface area contributed by atoms with E-state index in [1.165, 1.54) is 38.9 Å². The van der Waals surface area contributed by atoms with Crippen molar-refractivity contribution in [2.75, 3.05) is 4.90 Å². The summed E-state index contributed by atoms with van der Waals surface area (Å²) >= 11 is 0. The molecule has 2 nitrogen and oxygen atoms in total. The molecule has 7 aromatic carbocycles. The van der Waals surface area contributed by atoms with Gasteiger partial charge in [-0.3, -0.25) is 0 Å². The van der Waals surface area contributed by atoms with Crippen LogP contribution in [0.4, 0.5) is 17.1 Å². The van der Waals surface area contributed by atoms with E-state index in [2.05, 4.69) is 170 Å². The lowest BCUT2D eigenvalue weighted by Gasteiger charge is -2.29. The summed E-state index contributed by atoms with van der Waals surface area (Å²) in [6, 6.07) is 55.0. The van der Waals surface area contributed by atoms with Gasteiger partial charge in [0, 0.05) is 27.4 Å². The van der Waals surface area contributed by atoms with E-state index in [1.54, 1.807) is 0 Å². The van der Waals surface area contributed by atoms with Crippen LogP contribution in [0.2, 0.25) is 0 Å². The summed E-state index contributed by atoms with van der Waals surface area (Å²) < 4.78 is 6.46. The van der Waals surface area contributed by atoms with Crippen LogP contribution in [0.1, 0.15) is 36.1 Å². The highest BCUT2D eigenvalue weighted by Gasteiger charge is 2.36. The Balaban J connectivity index is 1.17. The van der Waals surface area contributed by atoms with Crippen LogP contribution in [0.5, 0.6) is 0 Å². The van der Waals surface area contributed by atoms with Crippen LogP contribution < -0.4 is 4.90 Å². The summed E-state index contributed by atoms with van der Waals surface area (Å²) in [5.74, 6) is 0. The first kappa shape index (κ1) is 27.9. The van der Waals surface area contributed by atoms with Crippen LogP contribution in [0, 0.1) is 0 Å². The average molecular weight is 628 g/mol. The predicted molar refractivity (Wildman–Crippen MR) is 206 cm³/mol. The third-order valence-electron chi connectivity index (χ3n) is 10.6. The van der Waals surface area contributed by atoms with Crippen molar-refractivity contribution >= 4 is 51.2 Å². The van der Waals surface area contributed by atoms with Gasteiger partial charge in [-0.05, 0) is 92.5 Å². The fourth-order valence-corrected chi connectivity index (χ4v) is 8.15. The van der Waals surface area contributed by atoms with Gasteiger partial charge < -0.3 is 9.32 Å². The molecule has 0 saturated carbocycles. The second-order valence-electron chi connectivity index (χ2n) is 13.8. The predicted octanol–water partition coefficient (Wildman–Crippen LogP) is 13.2. The Kier molecular flexibility index (Phi) is 5.95. The Morgan fingerprint density at radius 1 is 0.469 bits per heavy atom. The molecule has 0 saturated heterocycles. The van der Waals surface area contributed by atoms with E-state index in [0.29, 0.717) is 0 Å². The van der Waals surface area contributed by atoms with E-state index in [-0.39, 0.29) is 5.41 Å². The molecule has 1 aliphatic heterocycles. The van der Waals surface area contributed by atoms with Crippen LogP contribution in [0.15, 0.2) is 156 Å². The monoisotopic (exact) mass is 627 g/mol. The lowest BCUT2D eigenvalue weighted by molar-refractivity contribution is 0.660. The van der Waals surface area contributed by atoms with Crippen molar-refractivity contribution in [1.29, 1.82) is 0 Å². The van der Waals surface area contributed by atoms with Gasteiger partial charge in [0.05, 0.1) is 11.4 Å². The molecule has 0 unspecified atom stereocenters. The van der Waals surface area contributed by atoms with E-state index in [9.17, 15) is 0 Å². The molecule has 2 heteroatoms. The summed E-state index contributed by atoms with van der Waals surface area (Å²) in [4.78, 5) is 2.45. The number of hydrogen-bond acceptors (Lipinski definition) is 2. The molecule has 2 aliphatic rings. The van der Waals surface area contributed by atoms with E-state index in [1.807, 2.05) is 12.1 Å². The van der Waals surface area contributed by atoms with E-state index in [4.69, 9.17) is 4.42 Å². The number of fused-ring (bicyclic) bond motifs is 8. The molecule has 0 N–H and O–H groups in total. The quantitative estimate of drug-likeness (QED) is 0.194. The molecule has 8 aromatic rings. The van der Waals surface area contributed by atoms with Crippen molar-refractivity contribution in [3.05, 3.63) is 174 Å². The molecule has 49 heavy (non-hydrogen) atoms. The summed E-state index contributed by atoms with van der Waals surface area (Å²) in [6.45, 7) is 4.70. The zero-order valence-corrected chi connectivity index (χ0v) is 27.4. The first-order valence-electron chi connectivity index (χ1n) is 17.0. The molecule has 10 rings (SSSR count). The smallest absolute Gasteiger partial charge is 0.143 e. The second kappa shape index (κ2) is 10.4. The Bertz CT molecular complexity index is 2640. The molecule has 0 spiro atoms. The fraction of sp³-hybridized carbons (Fsp3) is 0.0638. The molecule has 2 heterocycles. The molecule has 1 aromatic heterocycles. The average Bonchev–Trinajstić information content (AvgIpc) is 3.57. The van der Waals surface area contributed by atoms with Crippen molar-refractivity contribution in [3.8, 4) is 33.4 Å². The largest absolute Gasteiger partial charge is 0.455 e. The molecule has 0 bridgehead atoms. The molecule has 232 valence electrons. The highest BCUT2D eigenvalue weighted by Crippen LogP contribution is 2.52. The summed E-state index contributed by atoms with van der Waals surface area (Å²) in [5, 5.41) is 2.29. The lowest BCUT2D eigenvalue weighted by atomic mass is 9.82. The molecule has 1 aliphatic carbocycles. The molecule has 0 atom stereocenters. The Hall–Kier alpha value is -6.12. The molecule has 0 radical (unpaired) electrons. The third-order valence-corrected chi connectivity index (χ3v) is 10.6. The van der Waals surface area contributed by atoms with Crippen molar-refractivity contribution in [1.82, 2.24) is 0 Å². The molecular formula is C47H33NO. The van der Waals surface area contributed by atoms with Gasteiger partial charge in [-0.25, -0.2) is 0 Å². The number of nitrogens with zero attached hydrogens (tertiary/aromatic N) is 1. The summed E-state index contributed by atoms with van der Waals surface area (Å²) in [5.41, 5.74) is 17.6. The van der Waals surface area contributed by atoms with Crippen molar-refractivity contribution in [3.63, 3.8) is 0 Å². The van der Waals surface area contributed by atoms with Crippen LogP contribution in [0.3, 0.4) is 0 Å². The second-order valence-corrected chi connectivity index (χ2v) is 13.8. The first-order valence-corrected chi connectivity index (χ1v) is 17.0.